The van der Waals surface area contributed by atoms with Crippen LogP contribution in [0.4, 0.5) is 0 Å². The van der Waals surface area contributed by atoms with Crippen molar-refractivity contribution < 1.29 is 19.7 Å². The highest BCUT2D eigenvalue weighted by atomic mass is 16.5. The summed E-state index contributed by atoms with van der Waals surface area (Å²) < 4.78 is 6.08. The maximum absolute atomic E-state index is 13.0. The summed E-state index contributed by atoms with van der Waals surface area (Å²) in [5.41, 5.74) is 1.10. The van der Waals surface area contributed by atoms with Gasteiger partial charge in [-0.3, -0.25) is 4.79 Å². The number of aliphatic hydroxyl groups is 2. The van der Waals surface area contributed by atoms with Crippen molar-refractivity contribution in [1.82, 2.24) is 0 Å². The van der Waals surface area contributed by atoms with Crippen molar-refractivity contribution in [2.45, 2.75) is 105 Å². The lowest BCUT2D eigenvalue weighted by atomic mass is 9.54. The van der Waals surface area contributed by atoms with Crippen molar-refractivity contribution in [1.29, 1.82) is 0 Å². The van der Waals surface area contributed by atoms with E-state index in [4.69, 9.17) is 4.74 Å². The predicted molar refractivity (Wildman–Crippen MR) is 117 cm³/mol. The van der Waals surface area contributed by atoms with Gasteiger partial charge in [0.25, 0.3) is 0 Å². The Morgan fingerprint density at radius 1 is 1.07 bits per heavy atom. The second-order valence-corrected chi connectivity index (χ2v) is 11.9. The molecule has 1 heterocycles. The van der Waals surface area contributed by atoms with Crippen molar-refractivity contribution in [3.8, 4) is 0 Å². The van der Waals surface area contributed by atoms with E-state index in [2.05, 4.69) is 34.6 Å². The molecule has 0 aromatic carbocycles. The number of aliphatic hydroxyl groups excluding tert-OH is 2. The van der Waals surface area contributed by atoms with E-state index < -0.39 is 12.2 Å². The molecule has 3 aliphatic carbocycles. The van der Waals surface area contributed by atoms with E-state index in [1.807, 2.05) is 0 Å². The Hall–Kier alpha value is -0.870. The number of hydrogen-bond donors (Lipinski definition) is 2. The third kappa shape index (κ3) is 3.46. The van der Waals surface area contributed by atoms with Gasteiger partial charge in [0.2, 0.25) is 0 Å². The maximum Gasteiger partial charge on any atom is 0.315 e. The molecular weight excluding hydrogens is 376 g/mol. The van der Waals surface area contributed by atoms with Crippen molar-refractivity contribution in [2.75, 3.05) is 0 Å². The van der Waals surface area contributed by atoms with Gasteiger partial charge in [0.05, 0.1) is 18.1 Å². The minimum absolute atomic E-state index is 0.181. The first-order chi connectivity index (χ1) is 14.1. The molecule has 170 valence electrons. The Balaban J connectivity index is 1.58. The van der Waals surface area contributed by atoms with Crippen molar-refractivity contribution >= 4 is 5.97 Å². The van der Waals surface area contributed by atoms with Crippen molar-refractivity contribution in [3.63, 3.8) is 0 Å². The Morgan fingerprint density at radius 3 is 2.50 bits per heavy atom. The lowest BCUT2D eigenvalue weighted by Gasteiger charge is -2.53. The van der Waals surface area contributed by atoms with Crippen LogP contribution in [0.25, 0.3) is 0 Å². The average molecular weight is 419 g/mol. The van der Waals surface area contributed by atoms with Crippen LogP contribution in [0.3, 0.4) is 0 Å². The van der Waals surface area contributed by atoms with Gasteiger partial charge in [-0.2, -0.15) is 0 Å². The molecule has 0 bridgehead atoms. The van der Waals surface area contributed by atoms with Crippen LogP contribution in [0, 0.1) is 40.4 Å². The molecule has 4 nitrogen and oxygen atoms in total. The van der Waals surface area contributed by atoms with Gasteiger partial charge in [0.15, 0.2) is 0 Å². The van der Waals surface area contributed by atoms with E-state index in [0.29, 0.717) is 30.6 Å². The summed E-state index contributed by atoms with van der Waals surface area (Å²) in [5.74, 6) is 2.93. The van der Waals surface area contributed by atoms with Crippen molar-refractivity contribution in [2.24, 2.45) is 40.4 Å². The summed E-state index contributed by atoms with van der Waals surface area (Å²) in [4.78, 5) is 13.0. The average Bonchev–Trinajstić information content (AvgIpc) is 3.01. The zero-order valence-electron chi connectivity index (χ0n) is 19.6. The molecule has 0 saturated heterocycles. The summed E-state index contributed by atoms with van der Waals surface area (Å²) in [6, 6.07) is 0. The number of esters is 1. The van der Waals surface area contributed by atoms with Crippen LogP contribution in [0.2, 0.25) is 0 Å². The van der Waals surface area contributed by atoms with Gasteiger partial charge >= 0.3 is 5.97 Å². The maximum atomic E-state index is 13.0. The first-order valence-electron chi connectivity index (χ1n) is 12.4. The van der Waals surface area contributed by atoms with Crippen molar-refractivity contribution in [3.05, 3.63) is 11.3 Å². The normalized spacial score (nSPS) is 44.4. The number of allylic oxidation sites excluding steroid dienone is 2. The molecule has 4 heteroatoms. The molecule has 2 fully saturated rings. The van der Waals surface area contributed by atoms with Crippen LogP contribution in [-0.2, 0) is 9.53 Å². The summed E-state index contributed by atoms with van der Waals surface area (Å²) in [5, 5.41) is 20.6. The van der Waals surface area contributed by atoms with E-state index in [-0.39, 0.29) is 22.7 Å². The fraction of sp³-hybridized carbons (Fsp3) is 0.885. The number of carbonyl (C=O) groups is 1. The number of ether oxygens (including phenoxy) is 1. The van der Waals surface area contributed by atoms with Crippen LogP contribution in [0.1, 0.15) is 92.4 Å². The highest BCUT2D eigenvalue weighted by Gasteiger charge is 2.60. The molecule has 30 heavy (non-hydrogen) atoms. The van der Waals surface area contributed by atoms with Gasteiger partial charge in [-0.25, -0.2) is 0 Å². The molecule has 0 aromatic heterocycles. The molecule has 0 amide bonds. The van der Waals surface area contributed by atoms with Crippen LogP contribution < -0.4 is 0 Å². The van der Waals surface area contributed by atoms with E-state index in [0.717, 1.165) is 30.9 Å². The van der Waals surface area contributed by atoms with Gasteiger partial charge in [-0.15, -0.1) is 0 Å². The Kier molecular flexibility index (Phi) is 5.89. The summed E-state index contributed by atoms with van der Waals surface area (Å²) >= 11 is 0. The smallest absolute Gasteiger partial charge is 0.315 e. The highest BCUT2D eigenvalue weighted by Crippen LogP contribution is 2.64. The number of carbonyl (C=O) groups excluding carboxylic acids is 1. The van der Waals surface area contributed by atoms with Crippen LogP contribution in [0.15, 0.2) is 11.3 Å². The largest absolute Gasteiger partial charge is 0.431 e. The molecule has 0 radical (unpaired) electrons. The third-order valence-electron chi connectivity index (χ3n) is 9.57. The monoisotopic (exact) mass is 418 g/mol. The lowest BCUT2D eigenvalue weighted by molar-refractivity contribution is -0.165. The van der Waals surface area contributed by atoms with E-state index in [9.17, 15) is 15.0 Å². The summed E-state index contributed by atoms with van der Waals surface area (Å²) in [7, 11) is 0. The van der Waals surface area contributed by atoms with Gasteiger partial charge in [0, 0.05) is 11.3 Å². The van der Waals surface area contributed by atoms with Crippen LogP contribution >= 0.6 is 0 Å². The Bertz CT molecular complexity index is 712. The van der Waals surface area contributed by atoms with Gasteiger partial charge < -0.3 is 14.9 Å². The van der Waals surface area contributed by atoms with Crippen LogP contribution in [-0.4, -0.2) is 28.4 Å². The van der Waals surface area contributed by atoms with E-state index in [1.54, 1.807) is 0 Å². The Labute approximate surface area is 182 Å². The zero-order valence-corrected chi connectivity index (χ0v) is 19.6. The Morgan fingerprint density at radius 2 is 1.80 bits per heavy atom. The number of hydrogen-bond acceptors (Lipinski definition) is 4. The molecule has 0 aromatic rings. The standard InChI is InChI=1S/C26H42O4/c1-15(2)7-6-8-16(3)17-9-10-18-23-19(11-12-25(17,18)4)26(5)14-22(28)21(27)13-20(26)24(29)30-23/h15-18,20-22,27-28H,6-14H2,1-5H3/t16-,17-,18+,20-,21+,22-,25-,26-/m1/s1. The fourth-order valence-electron chi connectivity index (χ4n) is 7.71. The minimum Gasteiger partial charge on any atom is -0.431 e. The zero-order chi connectivity index (χ0) is 21.8. The second kappa shape index (κ2) is 7.92. The molecule has 8 atom stereocenters. The molecule has 2 saturated carbocycles. The fourth-order valence-corrected chi connectivity index (χ4v) is 7.71. The molecule has 0 unspecified atom stereocenters. The van der Waals surface area contributed by atoms with Crippen LogP contribution in [0.5, 0.6) is 0 Å². The highest BCUT2D eigenvalue weighted by molar-refractivity contribution is 5.77. The predicted octanol–water partition coefficient (Wildman–Crippen LogP) is 5.22. The molecular formula is C26H42O4. The summed E-state index contributed by atoms with van der Waals surface area (Å²) in [6.45, 7) is 11.6. The lowest BCUT2D eigenvalue weighted by Crippen LogP contribution is -2.53. The SMILES string of the molecule is CC(C)CCC[C@@H](C)[C@H]1CC[C@H]2C3=C(CC[C@]12C)[C@@]1(C)C[C@@H](O)[C@@H](O)C[C@@H]1C(=O)O3. The first kappa shape index (κ1) is 22.3. The van der Waals surface area contributed by atoms with E-state index in [1.165, 1.54) is 31.3 Å². The second-order valence-electron chi connectivity index (χ2n) is 11.9. The first-order valence-corrected chi connectivity index (χ1v) is 12.4. The van der Waals surface area contributed by atoms with E-state index >= 15 is 0 Å². The quantitative estimate of drug-likeness (QED) is 0.600. The molecule has 1 aliphatic heterocycles. The van der Waals surface area contributed by atoms with Gasteiger partial charge in [-0.1, -0.05) is 53.9 Å². The summed E-state index contributed by atoms with van der Waals surface area (Å²) in [6.07, 6.45) is 7.53. The van der Waals surface area contributed by atoms with Gasteiger partial charge in [-0.05, 0) is 67.3 Å². The molecule has 2 N–H and O–H groups in total. The third-order valence-corrected chi connectivity index (χ3v) is 9.57. The molecule has 0 spiro atoms. The molecule has 4 rings (SSSR count). The molecule has 4 aliphatic rings. The number of fused-ring (bicyclic) bond motifs is 4. The topological polar surface area (TPSA) is 66.8 Å². The van der Waals surface area contributed by atoms with Gasteiger partial charge in [0.1, 0.15) is 5.76 Å². The number of rotatable bonds is 5. The minimum atomic E-state index is -0.825.